The minimum atomic E-state index is -2.42. The summed E-state index contributed by atoms with van der Waals surface area (Å²) in [5.74, 6) is 0. The first-order valence-corrected chi connectivity index (χ1v) is 14.6. The Kier molecular flexibility index (Phi) is 11.2. The molecular formula is C20H18F4I2N8S2. The summed E-state index contributed by atoms with van der Waals surface area (Å²) >= 11 is 6.87. The molecule has 0 fully saturated rings. The van der Waals surface area contributed by atoms with Crippen molar-refractivity contribution in [2.45, 2.75) is 36.3 Å². The van der Waals surface area contributed by atoms with E-state index in [-0.39, 0.29) is 0 Å². The largest absolute Gasteiger partial charge is 0.265 e. The van der Waals surface area contributed by atoms with Gasteiger partial charge in [-0.2, -0.15) is 10.2 Å². The predicted molar refractivity (Wildman–Crippen MR) is 148 cm³/mol. The van der Waals surface area contributed by atoms with Gasteiger partial charge in [-0.05, 0) is 69.8 Å². The number of nitrogens with zero attached hydrogens (tertiary/aromatic N) is 8. The first kappa shape index (κ1) is 29.0. The summed E-state index contributed by atoms with van der Waals surface area (Å²) in [4.78, 5) is 16.8. The molecule has 0 amide bonds. The Morgan fingerprint density at radius 2 is 1.42 bits per heavy atom. The van der Waals surface area contributed by atoms with Gasteiger partial charge in [-0.3, -0.25) is 9.36 Å². The van der Waals surface area contributed by atoms with Crippen LogP contribution in [0, 0.1) is 7.40 Å². The molecule has 0 radical (unpaired) electrons. The topological polar surface area (TPSA) is 87.2 Å². The molecule has 0 aliphatic carbocycles. The van der Waals surface area contributed by atoms with Gasteiger partial charge in [-0.25, -0.2) is 37.5 Å². The van der Waals surface area contributed by atoms with E-state index in [0.29, 0.717) is 29.1 Å². The van der Waals surface area contributed by atoms with Crippen molar-refractivity contribution in [3.05, 3.63) is 44.3 Å². The fraction of sp³-hybridized carbons (Fsp3) is 0.300. The molecule has 0 spiro atoms. The van der Waals surface area contributed by atoms with Crippen molar-refractivity contribution in [2.24, 2.45) is 0 Å². The van der Waals surface area contributed by atoms with Gasteiger partial charge in [0.15, 0.2) is 10.3 Å². The molecule has 4 rings (SSSR count). The molecular weight excluding hydrogens is 746 g/mol. The third-order valence-electron chi connectivity index (χ3n) is 4.31. The number of rotatable bonds is 8. The number of hydrogen-bond acceptors (Lipinski definition) is 8. The van der Waals surface area contributed by atoms with Gasteiger partial charge in [0.2, 0.25) is 0 Å². The lowest BCUT2D eigenvalue weighted by Gasteiger charge is -2.03. The van der Waals surface area contributed by atoms with Crippen molar-refractivity contribution in [3.63, 3.8) is 0 Å². The second-order valence-electron chi connectivity index (χ2n) is 6.73. The molecule has 16 heteroatoms. The van der Waals surface area contributed by atoms with Crippen molar-refractivity contribution in [2.75, 3.05) is 12.5 Å². The molecule has 0 saturated carbocycles. The molecule has 4 aromatic heterocycles. The van der Waals surface area contributed by atoms with Crippen LogP contribution in [0.4, 0.5) is 17.6 Å². The van der Waals surface area contributed by atoms with Crippen LogP contribution in [0.5, 0.6) is 0 Å². The fourth-order valence-electron chi connectivity index (χ4n) is 2.78. The standard InChI is InChI=1S/2C10H9F2IN4S/c1-18-10-14-3-2-7(15-10)6-4-17(5-8(11)12)16-9(6)13;1-18-10-14-3-2-7(16-10)6-4-15-17(9(6)13)5-8(11)12/h2*2-4,8H,5H2,1H3. The Morgan fingerprint density at radius 1 is 0.861 bits per heavy atom. The molecule has 0 atom stereocenters. The third kappa shape index (κ3) is 7.98. The van der Waals surface area contributed by atoms with Gasteiger partial charge in [0.25, 0.3) is 12.9 Å². The molecule has 0 bridgehead atoms. The zero-order chi connectivity index (χ0) is 26.2. The van der Waals surface area contributed by atoms with Crippen molar-refractivity contribution in [1.82, 2.24) is 39.5 Å². The van der Waals surface area contributed by atoms with E-state index in [0.717, 1.165) is 11.1 Å². The summed E-state index contributed by atoms with van der Waals surface area (Å²) in [5, 5.41) is 9.28. The van der Waals surface area contributed by atoms with Crippen LogP contribution in [0.3, 0.4) is 0 Å². The van der Waals surface area contributed by atoms with E-state index in [9.17, 15) is 17.6 Å². The lowest BCUT2D eigenvalue weighted by Crippen LogP contribution is -2.09. The van der Waals surface area contributed by atoms with Crippen LogP contribution >= 0.6 is 68.7 Å². The second kappa shape index (κ2) is 13.8. The van der Waals surface area contributed by atoms with Crippen molar-refractivity contribution in [3.8, 4) is 22.5 Å². The quantitative estimate of drug-likeness (QED) is 0.0956. The number of aromatic nitrogens is 8. The van der Waals surface area contributed by atoms with Crippen LogP contribution < -0.4 is 0 Å². The van der Waals surface area contributed by atoms with E-state index in [1.54, 1.807) is 36.9 Å². The first-order chi connectivity index (χ1) is 17.2. The fourth-order valence-corrected chi connectivity index (χ4v) is 4.92. The van der Waals surface area contributed by atoms with Crippen molar-refractivity contribution in [1.29, 1.82) is 0 Å². The second-order valence-corrected chi connectivity index (χ2v) is 10.3. The van der Waals surface area contributed by atoms with Gasteiger partial charge in [0, 0.05) is 18.6 Å². The average Bonchev–Trinajstić information content (AvgIpc) is 3.40. The van der Waals surface area contributed by atoms with E-state index in [4.69, 9.17) is 0 Å². The average molecular weight is 764 g/mol. The zero-order valence-electron chi connectivity index (χ0n) is 18.7. The Bertz CT molecular complexity index is 1240. The minimum Gasteiger partial charge on any atom is -0.265 e. The van der Waals surface area contributed by atoms with Gasteiger partial charge < -0.3 is 0 Å². The molecule has 8 nitrogen and oxygen atoms in total. The monoisotopic (exact) mass is 764 g/mol. The molecule has 4 aromatic rings. The maximum absolute atomic E-state index is 12.3. The summed E-state index contributed by atoms with van der Waals surface area (Å²) in [5.41, 5.74) is 2.88. The van der Waals surface area contributed by atoms with Crippen LogP contribution in [0.1, 0.15) is 0 Å². The van der Waals surface area contributed by atoms with Gasteiger partial charge in [-0.1, -0.05) is 23.5 Å². The highest BCUT2D eigenvalue weighted by molar-refractivity contribution is 14.1. The van der Waals surface area contributed by atoms with E-state index in [2.05, 4.69) is 30.1 Å². The van der Waals surface area contributed by atoms with Crippen LogP contribution in [0.2, 0.25) is 0 Å². The van der Waals surface area contributed by atoms with Crippen LogP contribution in [-0.2, 0) is 13.1 Å². The summed E-state index contributed by atoms with van der Waals surface area (Å²) in [7, 11) is 0. The van der Waals surface area contributed by atoms with E-state index < -0.39 is 25.9 Å². The first-order valence-electron chi connectivity index (χ1n) is 9.97. The lowest BCUT2D eigenvalue weighted by atomic mass is 10.2. The maximum Gasteiger partial charge on any atom is 0.257 e. The molecule has 192 valence electrons. The molecule has 0 aliphatic rings. The molecule has 36 heavy (non-hydrogen) atoms. The summed E-state index contributed by atoms with van der Waals surface area (Å²) in [6.07, 6.45) is 5.36. The van der Waals surface area contributed by atoms with Crippen LogP contribution in [0.25, 0.3) is 22.5 Å². The minimum absolute atomic E-state index is 0.404. The van der Waals surface area contributed by atoms with Crippen LogP contribution in [-0.4, -0.2) is 64.9 Å². The van der Waals surface area contributed by atoms with Gasteiger partial charge in [0.1, 0.15) is 20.5 Å². The number of halogens is 6. The Morgan fingerprint density at radius 3 is 1.94 bits per heavy atom. The van der Waals surface area contributed by atoms with Gasteiger partial charge in [0.05, 0.1) is 28.7 Å². The van der Waals surface area contributed by atoms with E-state index in [1.807, 2.05) is 57.7 Å². The third-order valence-corrected chi connectivity index (χ3v) is 7.37. The summed E-state index contributed by atoms with van der Waals surface area (Å²) in [6, 6.07) is 3.48. The highest BCUT2D eigenvalue weighted by Gasteiger charge is 2.15. The zero-order valence-corrected chi connectivity index (χ0v) is 24.6. The molecule has 0 saturated heterocycles. The van der Waals surface area contributed by atoms with Gasteiger partial charge >= 0.3 is 0 Å². The van der Waals surface area contributed by atoms with Crippen molar-refractivity contribution < 1.29 is 17.6 Å². The molecule has 0 aliphatic heterocycles. The molecule has 4 heterocycles. The SMILES string of the molecule is CSc1nccc(-c2cn(CC(F)F)nc2I)n1.CSc1nccc(-c2cnn(CC(F)F)c2I)n1. The predicted octanol–water partition coefficient (Wildman–Crippen LogP) is 5.86. The summed E-state index contributed by atoms with van der Waals surface area (Å²) in [6.45, 7) is -0.810. The highest BCUT2D eigenvalue weighted by atomic mass is 127. The smallest absolute Gasteiger partial charge is 0.257 e. The van der Waals surface area contributed by atoms with E-state index >= 15 is 0 Å². The molecule has 0 unspecified atom stereocenters. The number of alkyl halides is 4. The number of thioether (sulfide) groups is 2. The molecule has 0 N–H and O–H groups in total. The maximum atomic E-state index is 12.3. The Hall–Kier alpha value is -1.54. The Labute approximate surface area is 239 Å². The van der Waals surface area contributed by atoms with Crippen molar-refractivity contribution >= 4 is 68.7 Å². The van der Waals surface area contributed by atoms with E-state index in [1.165, 1.54) is 32.9 Å². The Balaban J connectivity index is 0.000000201. The highest BCUT2D eigenvalue weighted by Crippen LogP contribution is 2.25. The van der Waals surface area contributed by atoms with Gasteiger partial charge in [-0.15, -0.1) is 0 Å². The molecule has 0 aromatic carbocycles. The normalized spacial score (nSPS) is 11.2. The number of hydrogen-bond donors (Lipinski definition) is 0. The lowest BCUT2D eigenvalue weighted by molar-refractivity contribution is 0.120. The van der Waals surface area contributed by atoms with Crippen LogP contribution in [0.15, 0.2) is 47.2 Å². The summed E-state index contributed by atoms with van der Waals surface area (Å²) < 4.78 is 53.1.